The van der Waals surface area contributed by atoms with Gasteiger partial charge in [-0.25, -0.2) is 4.79 Å². The number of nitrogens with one attached hydrogen (secondary N) is 1. The molecule has 2 amide bonds. The van der Waals surface area contributed by atoms with Crippen LogP contribution in [0.1, 0.15) is 69.9 Å². The lowest BCUT2D eigenvalue weighted by atomic mass is 9.82. The SMILES string of the molecule is CCOC(=O)C1CCC(CNC(=O)N2CCCCC[C@@H]2c2ccc(Cl)cc2)CC1. The molecular weight excluding hydrogens is 388 g/mol. The zero-order chi connectivity index (χ0) is 20.6. The molecule has 29 heavy (non-hydrogen) atoms. The van der Waals surface area contributed by atoms with Crippen molar-refractivity contribution in [3.05, 3.63) is 34.9 Å². The summed E-state index contributed by atoms with van der Waals surface area (Å²) in [7, 11) is 0. The first kappa shape index (κ1) is 21.9. The van der Waals surface area contributed by atoms with Crippen LogP contribution in [0.25, 0.3) is 0 Å². The molecule has 1 atom stereocenters. The third kappa shape index (κ3) is 6.11. The van der Waals surface area contributed by atoms with E-state index in [1.807, 2.05) is 36.1 Å². The molecule has 1 saturated heterocycles. The molecule has 1 aromatic rings. The minimum Gasteiger partial charge on any atom is -0.466 e. The van der Waals surface area contributed by atoms with Crippen molar-refractivity contribution in [3.8, 4) is 0 Å². The number of halogens is 1. The van der Waals surface area contributed by atoms with Gasteiger partial charge in [0.15, 0.2) is 0 Å². The Hall–Kier alpha value is -1.75. The molecule has 6 heteroatoms. The average molecular weight is 421 g/mol. The van der Waals surface area contributed by atoms with E-state index in [1.54, 1.807) is 0 Å². The molecule has 1 N–H and O–H groups in total. The van der Waals surface area contributed by atoms with Crippen LogP contribution in [0.4, 0.5) is 4.79 Å². The number of amides is 2. The Morgan fingerprint density at radius 3 is 2.48 bits per heavy atom. The lowest BCUT2D eigenvalue weighted by Gasteiger charge is -2.32. The maximum Gasteiger partial charge on any atom is 0.317 e. The Morgan fingerprint density at radius 2 is 1.79 bits per heavy atom. The molecule has 3 rings (SSSR count). The predicted octanol–water partition coefficient (Wildman–Crippen LogP) is 5.34. The summed E-state index contributed by atoms with van der Waals surface area (Å²) >= 11 is 6.04. The molecule has 1 aromatic carbocycles. The normalized spacial score (nSPS) is 25.2. The first-order chi connectivity index (χ1) is 14.1. The second-order valence-corrected chi connectivity index (χ2v) is 8.70. The molecule has 0 spiro atoms. The standard InChI is InChI=1S/C23H33ClN2O3/c1-2-29-22(27)19-9-7-17(8-10-19)16-25-23(28)26-15-5-3-4-6-21(26)18-11-13-20(24)14-12-18/h11-14,17,19,21H,2-10,15-16H2,1H3,(H,25,28)/t17?,19?,21-/m1/s1. The molecule has 1 aliphatic heterocycles. The number of esters is 1. The van der Waals surface area contributed by atoms with Gasteiger partial charge in [-0.1, -0.05) is 36.6 Å². The number of benzene rings is 1. The number of carbonyl (C=O) groups is 2. The van der Waals surface area contributed by atoms with Crippen molar-refractivity contribution in [1.29, 1.82) is 0 Å². The molecule has 2 aliphatic rings. The number of hydrogen-bond acceptors (Lipinski definition) is 3. The second-order valence-electron chi connectivity index (χ2n) is 8.27. The summed E-state index contributed by atoms with van der Waals surface area (Å²) in [6, 6.07) is 8.01. The molecule has 1 aliphatic carbocycles. The van der Waals surface area contributed by atoms with Gasteiger partial charge in [0.1, 0.15) is 0 Å². The van der Waals surface area contributed by atoms with Crippen molar-refractivity contribution in [2.75, 3.05) is 19.7 Å². The highest BCUT2D eigenvalue weighted by molar-refractivity contribution is 6.30. The Bertz CT molecular complexity index is 671. The second kappa shape index (κ2) is 10.9. The van der Waals surface area contributed by atoms with Crippen LogP contribution in [0.3, 0.4) is 0 Å². The van der Waals surface area contributed by atoms with Crippen molar-refractivity contribution < 1.29 is 14.3 Å². The number of ether oxygens (including phenoxy) is 1. The number of likely N-dealkylation sites (tertiary alicyclic amines) is 1. The molecule has 1 heterocycles. The minimum atomic E-state index is -0.0645. The fraction of sp³-hybridized carbons (Fsp3) is 0.652. The minimum absolute atomic E-state index is 0.0272. The maximum absolute atomic E-state index is 13.0. The van der Waals surface area contributed by atoms with Gasteiger partial charge >= 0.3 is 12.0 Å². The summed E-state index contributed by atoms with van der Waals surface area (Å²) in [4.78, 5) is 26.9. The van der Waals surface area contributed by atoms with E-state index in [2.05, 4.69) is 5.32 Å². The molecule has 160 valence electrons. The quantitative estimate of drug-likeness (QED) is 0.654. The summed E-state index contributed by atoms with van der Waals surface area (Å²) in [6.45, 7) is 3.76. The van der Waals surface area contributed by atoms with Crippen LogP contribution >= 0.6 is 11.6 Å². The van der Waals surface area contributed by atoms with Crippen molar-refractivity contribution >= 4 is 23.6 Å². The van der Waals surface area contributed by atoms with E-state index in [-0.39, 0.29) is 24.0 Å². The zero-order valence-electron chi connectivity index (χ0n) is 17.4. The van der Waals surface area contributed by atoms with Crippen LogP contribution in [-0.2, 0) is 9.53 Å². The third-order valence-electron chi connectivity index (χ3n) is 6.28. The molecule has 0 radical (unpaired) electrons. The summed E-state index contributed by atoms with van der Waals surface area (Å²) in [5, 5.41) is 3.89. The van der Waals surface area contributed by atoms with Gasteiger partial charge in [0, 0.05) is 18.1 Å². The average Bonchev–Trinajstić information content (AvgIpc) is 2.99. The summed E-state index contributed by atoms with van der Waals surface area (Å²) in [6.07, 6.45) is 7.96. The highest BCUT2D eigenvalue weighted by Crippen LogP contribution is 2.32. The van der Waals surface area contributed by atoms with E-state index in [9.17, 15) is 9.59 Å². The van der Waals surface area contributed by atoms with Crippen molar-refractivity contribution in [2.24, 2.45) is 11.8 Å². The summed E-state index contributed by atoms with van der Waals surface area (Å²) in [5.41, 5.74) is 1.15. The van der Waals surface area contributed by atoms with Gasteiger partial charge < -0.3 is 15.0 Å². The number of urea groups is 1. The molecule has 0 aromatic heterocycles. The molecule has 2 fully saturated rings. The maximum atomic E-state index is 13.0. The van der Waals surface area contributed by atoms with Crippen LogP contribution in [0, 0.1) is 11.8 Å². The van der Waals surface area contributed by atoms with Gasteiger partial charge in [-0.3, -0.25) is 4.79 Å². The van der Waals surface area contributed by atoms with Crippen LogP contribution in [0.2, 0.25) is 5.02 Å². The van der Waals surface area contributed by atoms with Gasteiger partial charge in [0.25, 0.3) is 0 Å². The molecular formula is C23H33ClN2O3. The smallest absolute Gasteiger partial charge is 0.317 e. The Morgan fingerprint density at radius 1 is 1.07 bits per heavy atom. The number of nitrogens with zero attached hydrogens (tertiary/aromatic N) is 1. The molecule has 0 unspecified atom stereocenters. The molecule has 1 saturated carbocycles. The number of rotatable bonds is 5. The fourth-order valence-corrected chi connectivity index (χ4v) is 4.70. The van der Waals surface area contributed by atoms with Crippen LogP contribution in [0.15, 0.2) is 24.3 Å². The Kier molecular flexibility index (Phi) is 8.22. The Labute approximate surface area is 179 Å². The topological polar surface area (TPSA) is 58.6 Å². The monoisotopic (exact) mass is 420 g/mol. The molecule has 0 bridgehead atoms. The lowest BCUT2D eigenvalue weighted by molar-refractivity contribution is -0.149. The van der Waals surface area contributed by atoms with E-state index < -0.39 is 0 Å². The summed E-state index contributed by atoms with van der Waals surface area (Å²) in [5.74, 6) is 0.401. The fourth-order valence-electron chi connectivity index (χ4n) is 4.58. The van der Waals surface area contributed by atoms with Crippen LogP contribution < -0.4 is 5.32 Å². The van der Waals surface area contributed by atoms with Crippen molar-refractivity contribution in [3.63, 3.8) is 0 Å². The molecule has 5 nitrogen and oxygen atoms in total. The summed E-state index contributed by atoms with van der Waals surface area (Å²) < 4.78 is 5.14. The van der Waals surface area contributed by atoms with Gasteiger partial charge in [0.05, 0.1) is 18.6 Å². The van der Waals surface area contributed by atoms with Gasteiger partial charge in [-0.15, -0.1) is 0 Å². The Balaban J connectivity index is 1.53. The number of carbonyl (C=O) groups excluding carboxylic acids is 2. The highest BCUT2D eigenvalue weighted by Gasteiger charge is 2.29. The number of hydrogen-bond donors (Lipinski definition) is 1. The van der Waals surface area contributed by atoms with Crippen LogP contribution in [0.5, 0.6) is 0 Å². The van der Waals surface area contributed by atoms with Gasteiger partial charge in [-0.2, -0.15) is 0 Å². The predicted molar refractivity (Wildman–Crippen MR) is 115 cm³/mol. The highest BCUT2D eigenvalue weighted by atomic mass is 35.5. The largest absolute Gasteiger partial charge is 0.466 e. The lowest BCUT2D eigenvalue weighted by Crippen LogP contribution is -2.44. The van der Waals surface area contributed by atoms with Gasteiger partial charge in [0.2, 0.25) is 0 Å². The zero-order valence-corrected chi connectivity index (χ0v) is 18.1. The van der Waals surface area contributed by atoms with E-state index >= 15 is 0 Å². The van der Waals surface area contributed by atoms with Crippen LogP contribution in [-0.4, -0.2) is 36.6 Å². The third-order valence-corrected chi connectivity index (χ3v) is 6.53. The van der Waals surface area contributed by atoms with E-state index in [0.717, 1.165) is 68.5 Å². The van der Waals surface area contributed by atoms with Crippen molar-refractivity contribution in [1.82, 2.24) is 10.2 Å². The van der Waals surface area contributed by atoms with E-state index in [4.69, 9.17) is 16.3 Å². The first-order valence-electron chi connectivity index (χ1n) is 11.0. The van der Waals surface area contributed by atoms with Crippen molar-refractivity contribution in [2.45, 2.75) is 64.3 Å². The van der Waals surface area contributed by atoms with E-state index in [0.29, 0.717) is 19.1 Å². The van der Waals surface area contributed by atoms with E-state index in [1.165, 1.54) is 0 Å². The van der Waals surface area contributed by atoms with Gasteiger partial charge in [-0.05, 0) is 69.1 Å². The first-order valence-corrected chi connectivity index (χ1v) is 11.4.